The molecule has 4 nitrogen and oxygen atoms in total. The van der Waals surface area contributed by atoms with E-state index in [4.69, 9.17) is 4.74 Å². The van der Waals surface area contributed by atoms with E-state index in [9.17, 15) is 9.59 Å². The van der Waals surface area contributed by atoms with Crippen molar-refractivity contribution in [3.63, 3.8) is 0 Å². The standard InChI is InChI=1S/C15H13NO3/c1-15(10-6-4-3-5-7-10)11-8-9-16(2)13(17)12(11)14(18)19-15/h3-9H,1-2H3. The Bertz CT molecular complexity index is 718. The minimum atomic E-state index is -0.888. The molecule has 4 heteroatoms. The Hall–Kier alpha value is -2.36. The number of rotatable bonds is 1. The third-order valence-corrected chi connectivity index (χ3v) is 3.61. The first-order valence-electron chi connectivity index (χ1n) is 6.03. The Labute approximate surface area is 110 Å². The number of aromatic nitrogens is 1. The molecule has 96 valence electrons. The fourth-order valence-electron chi connectivity index (χ4n) is 2.49. The summed E-state index contributed by atoms with van der Waals surface area (Å²) < 4.78 is 6.87. The quantitative estimate of drug-likeness (QED) is 0.730. The molecule has 0 aliphatic carbocycles. The van der Waals surface area contributed by atoms with Gasteiger partial charge in [0.2, 0.25) is 0 Å². The van der Waals surface area contributed by atoms with Gasteiger partial charge in [0.1, 0.15) is 5.56 Å². The summed E-state index contributed by atoms with van der Waals surface area (Å²) in [6.07, 6.45) is 1.66. The van der Waals surface area contributed by atoms with E-state index in [1.54, 1.807) is 19.3 Å². The average Bonchev–Trinajstić information content (AvgIpc) is 2.68. The lowest BCUT2D eigenvalue weighted by Gasteiger charge is -2.24. The SMILES string of the molecule is Cn1ccc2c(c1=O)C(=O)OC2(C)c1ccccc1. The van der Waals surface area contributed by atoms with Crippen LogP contribution in [-0.4, -0.2) is 10.5 Å². The highest BCUT2D eigenvalue weighted by atomic mass is 16.6. The van der Waals surface area contributed by atoms with E-state index in [0.717, 1.165) is 5.56 Å². The van der Waals surface area contributed by atoms with Crippen molar-refractivity contribution in [3.05, 3.63) is 69.6 Å². The van der Waals surface area contributed by atoms with Gasteiger partial charge in [0.15, 0.2) is 5.60 Å². The first-order valence-corrected chi connectivity index (χ1v) is 6.03. The van der Waals surface area contributed by atoms with Crippen LogP contribution in [0.3, 0.4) is 0 Å². The van der Waals surface area contributed by atoms with Crippen molar-refractivity contribution >= 4 is 5.97 Å². The Morgan fingerprint density at radius 3 is 2.47 bits per heavy atom. The monoisotopic (exact) mass is 255 g/mol. The van der Waals surface area contributed by atoms with Crippen LogP contribution in [0.1, 0.15) is 28.4 Å². The first-order chi connectivity index (χ1) is 9.04. The average molecular weight is 255 g/mol. The van der Waals surface area contributed by atoms with Crippen LogP contribution < -0.4 is 5.56 Å². The summed E-state index contributed by atoms with van der Waals surface area (Å²) >= 11 is 0. The molecule has 1 aromatic carbocycles. The lowest BCUT2D eigenvalue weighted by molar-refractivity contribution is 0.0179. The van der Waals surface area contributed by atoms with Crippen LogP contribution in [0, 0.1) is 0 Å². The van der Waals surface area contributed by atoms with Crippen molar-refractivity contribution in [1.82, 2.24) is 4.57 Å². The van der Waals surface area contributed by atoms with E-state index in [2.05, 4.69) is 0 Å². The number of hydrogen-bond donors (Lipinski definition) is 0. The van der Waals surface area contributed by atoms with Gasteiger partial charge in [-0.2, -0.15) is 0 Å². The molecule has 0 saturated heterocycles. The molecule has 0 radical (unpaired) electrons. The van der Waals surface area contributed by atoms with Crippen LogP contribution in [0.5, 0.6) is 0 Å². The van der Waals surface area contributed by atoms with E-state index in [-0.39, 0.29) is 11.1 Å². The highest BCUT2D eigenvalue weighted by molar-refractivity contribution is 5.94. The molecule has 0 spiro atoms. The van der Waals surface area contributed by atoms with Crippen LogP contribution in [0.15, 0.2) is 47.4 Å². The molecule has 19 heavy (non-hydrogen) atoms. The highest BCUT2D eigenvalue weighted by Crippen LogP contribution is 2.39. The normalized spacial score (nSPS) is 21.1. The van der Waals surface area contributed by atoms with Crippen molar-refractivity contribution in [2.24, 2.45) is 7.05 Å². The Morgan fingerprint density at radius 2 is 1.79 bits per heavy atom. The van der Waals surface area contributed by atoms with Crippen molar-refractivity contribution in [3.8, 4) is 0 Å². The van der Waals surface area contributed by atoms with Crippen LogP contribution in [0.25, 0.3) is 0 Å². The Balaban J connectivity index is 2.29. The van der Waals surface area contributed by atoms with Gasteiger partial charge in [0, 0.05) is 18.8 Å². The largest absolute Gasteiger partial charge is 0.446 e. The third-order valence-electron chi connectivity index (χ3n) is 3.61. The van der Waals surface area contributed by atoms with Crippen molar-refractivity contribution in [1.29, 1.82) is 0 Å². The van der Waals surface area contributed by atoms with Crippen LogP contribution in [0.4, 0.5) is 0 Å². The first kappa shape index (κ1) is 11.7. The summed E-state index contributed by atoms with van der Waals surface area (Å²) in [6.45, 7) is 1.81. The molecule has 2 aromatic rings. The second-order valence-corrected chi connectivity index (χ2v) is 4.81. The fraction of sp³-hybridized carbons (Fsp3) is 0.200. The summed E-state index contributed by atoms with van der Waals surface area (Å²) in [5.41, 5.74) is 0.418. The fourth-order valence-corrected chi connectivity index (χ4v) is 2.49. The molecule has 1 atom stereocenters. The molecule has 1 unspecified atom stereocenters. The van der Waals surface area contributed by atoms with E-state index in [1.807, 2.05) is 37.3 Å². The Kier molecular flexibility index (Phi) is 2.35. The number of esters is 1. The molecule has 0 saturated carbocycles. The van der Waals surface area contributed by atoms with Crippen LogP contribution >= 0.6 is 0 Å². The molecule has 0 bridgehead atoms. The van der Waals surface area contributed by atoms with E-state index >= 15 is 0 Å². The van der Waals surface area contributed by atoms with Crippen molar-refractivity contribution in [2.45, 2.75) is 12.5 Å². The van der Waals surface area contributed by atoms with Crippen LogP contribution in [-0.2, 0) is 17.4 Å². The summed E-state index contributed by atoms with van der Waals surface area (Å²) in [4.78, 5) is 24.0. The van der Waals surface area contributed by atoms with Gasteiger partial charge < -0.3 is 9.30 Å². The lowest BCUT2D eigenvalue weighted by Crippen LogP contribution is -2.25. The summed E-state index contributed by atoms with van der Waals surface area (Å²) in [6, 6.07) is 11.2. The maximum absolute atomic E-state index is 12.1. The second kappa shape index (κ2) is 3.82. The van der Waals surface area contributed by atoms with Gasteiger partial charge in [-0.05, 0) is 18.6 Å². The number of aryl methyl sites for hydroxylation is 1. The molecular formula is C15H13NO3. The van der Waals surface area contributed by atoms with E-state index in [1.165, 1.54) is 4.57 Å². The van der Waals surface area contributed by atoms with Gasteiger partial charge in [0.25, 0.3) is 5.56 Å². The molecule has 0 N–H and O–H groups in total. The van der Waals surface area contributed by atoms with Gasteiger partial charge in [0.05, 0.1) is 0 Å². The van der Waals surface area contributed by atoms with Gasteiger partial charge in [-0.1, -0.05) is 30.3 Å². The second-order valence-electron chi connectivity index (χ2n) is 4.81. The highest BCUT2D eigenvalue weighted by Gasteiger charge is 2.44. The molecule has 1 aliphatic rings. The molecular weight excluding hydrogens is 242 g/mol. The molecule has 1 aliphatic heterocycles. The zero-order valence-corrected chi connectivity index (χ0v) is 10.7. The molecule has 0 amide bonds. The van der Waals surface area contributed by atoms with Gasteiger partial charge >= 0.3 is 5.97 Å². The molecule has 0 fully saturated rings. The molecule has 3 rings (SSSR count). The van der Waals surface area contributed by atoms with E-state index < -0.39 is 11.6 Å². The van der Waals surface area contributed by atoms with Gasteiger partial charge in [-0.3, -0.25) is 4.79 Å². The summed E-state index contributed by atoms with van der Waals surface area (Å²) in [7, 11) is 1.62. The smallest absolute Gasteiger partial charge is 0.345 e. The van der Waals surface area contributed by atoms with Crippen LogP contribution in [0.2, 0.25) is 0 Å². The molecule has 2 heterocycles. The third kappa shape index (κ3) is 1.53. The summed E-state index contributed by atoms with van der Waals surface area (Å²) in [5, 5.41) is 0. The summed E-state index contributed by atoms with van der Waals surface area (Å²) in [5.74, 6) is -0.553. The number of cyclic esters (lactones) is 1. The van der Waals surface area contributed by atoms with Crippen molar-refractivity contribution in [2.75, 3.05) is 0 Å². The predicted octanol–water partition coefficient (Wildman–Crippen LogP) is 1.82. The van der Waals surface area contributed by atoms with Gasteiger partial charge in [-0.25, -0.2) is 4.79 Å². The maximum atomic E-state index is 12.1. The van der Waals surface area contributed by atoms with Crippen molar-refractivity contribution < 1.29 is 9.53 Å². The Morgan fingerprint density at radius 1 is 1.11 bits per heavy atom. The zero-order valence-electron chi connectivity index (χ0n) is 10.7. The minimum absolute atomic E-state index is 0.136. The number of nitrogens with zero attached hydrogens (tertiary/aromatic N) is 1. The van der Waals surface area contributed by atoms with Gasteiger partial charge in [-0.15, -0.1) is 0 Å². The number of ether oxygens (including phenoxy) is 1. The van der Waals surface area contributed by atoms with E-state index in [0.29, 0.717) is 5.56 Å². The lowest BCUT2D eigenvalue weighted by atomic mass is 9.88. The number of carbonyl (C=O) groups is 1. The number of benzene rings is 1. The minimum Gasteiger partial charge on any atom is -0.446 e. The topological polar surface area (TPSA) is 48.3 Å². The predicted molar refractivity (Wildman–Crippen MR) is 70.0 cm³/mol. The number of fused-ring (bicyclic) bond motifs is 1. The molecule has 1 aromatic heterocycles. The number of hydrogen-bond acceptors (Lipinski definition) is 3. The zero-order chi connectivity index (χ0) is 13.6. The number of carbonyl (C=O) groups excluding carboxylic acids is 1. The maximum Gasteiger partial charge on any atom is 0.345 e. The number of pyridine rings is 1.